The van der Waals surface area contributed by atoms with E-state index in [1.807, 2.05) is 12.1 Å². The molecular weight excluding hydrogens is 1290 g/mol. The maximum Gasteiger partial charge on any atom is 0.0541 e. The SMILES string of the molecule is Brc1ccc(-c2ccc3ccccc3c2)cc1.Nc1ccc(-c2cccc(-n3c4ccccc4c4ccccc43)c2)cc1.c1cc(-c2ccc(N(c3ccc(-c4ccc5ccccc5c4)cc3)c3ccc(-c4ccc5ccccc5c4)cc3)cc2)cc(-n2c3ccccc3c3ccccc32)c1. The summed E-state index contributed by atoms with van der Waals surface area (Å²) < 4.78 is 5.83. The summed E-state index contributed by atoms with van der Waals surface area (Å²) >= 11 is 3.46. The highest BCUT2D eigenvalue weighted by atomic mass is 79.9. The molecule has 0 bridgehead atoms. The molecule has 0 saturated heterocycles. The number of para-hydroxylation sites is 4. The maximum absolute atomic E-state index is 5.83. The Balaban J connectivity index is 0.000000143. The van der Waals surface area contributed by atoms with Gasteiger partial charge in [-0.15, -0.1) is 0 Å². The van der Waals surface area contributed by atoms with Gasteiger partial charge in [0.05, 0.1) is 22.1 Å². The normalized spacial score (nSPS) is 11.3. The summed E-state index contributed by atoms with van der Waals surface area (Å²) in [7, 11) is 0. The van der Waals surface area contributed by atoms with Crippen molar-refractivity contribution in [2.75, 3.05) is 10.6 Å². The van der Waals surface area contributed by atoms with E-state index in [-0.39, 0.29) is 0 Å². The van der Waals surface area contributed by atoms with Crippen molar-refractivity contribution in [1.29, 1.82) is 0 Å². The highest BCUT2D eigenvalue weighted by Gasteiger charge is 2.18. The standard InChI is InChI=1S/C56H38N2.C24H18N2.C16H11Br/c1-3-12-44-36-47(22-20-39(44)10-1)42-26-32-50(33-27-42)57(51-34-28-43(29-35-51)48-23-21-40-11-2-4-13-45(40)37-48)49-30-24-41(25-31-49)46-14-9-15-52(38-46)58-55-18-7-5-16-53(55)54-17-6-8-19-56(54)58;25-19-14-12-17(13-15-19)18-6-5-7-20(16-18)26-23-10-3-1-8-21(23)22-9-2-4-11-24(22)26;17-16-9-7-13(8-10-16)15-6-5-12-3-1-2-4-14(12)11-15/h1-38H;1-16H,25H2;1-11H. The minimum Gasteiger partial charge on any atom is -0.399 e. The highest BCUT2D eigenvalue weighted by molar-refractivity contribution is 9.10. The molecule has 19 rings (SSSR count). The van der Waals surface area contributed by atoms with Crippen LogP contribution in [0.5, 0.6) is 0 Å². The van der Waals surface area contributed by atoms with Crippen molar-refractivity contribution < 1.29 is 0 Å². The molecule has 0 aliphatic carbocycles. The molecule has 0 saturated carbocycles. The monoisotopic (exact) mass is 1350 g/mol. The molecule has 0 fully saturated rings. The average molecular weight is 1360 g/mol. The molecule has 0 spiro atoms. The van der Waals surface area contributed by atoms with Gasteiger partial charge in [-0.25, -0.2) is 0 Å². The third-order valence-corrected chi connectivity index (χ3v) is 19.9. The van der Waals surface area contributed by atoms with Crippen LogP contribution < -0.4 is 10.6 Å². The molecule has 2 N–H and O–H groups in total. The fourth-order valence-electron chi connectivity index (χ4n) is 14.3. The van der Waals surface area contributed by atoms with Gasteiger partial charge in [0.2, 0.25) is 0 Å². The van der Waals surface area contributed by atoms with Crippen molar-refractivity contribution in [3.05, 3.63) is 399 Å². The van der Waals surface area contributed by atoms with Crippen molar-refractivity contribution in [3.8, 4) is 67.0 Å². The lowest BCUT2D eigenvalue weighted by Gasteiger charge is -2.26. The van der Waals surface area contributed by atoms with Crippen molar-refractivity contribution in [2.24, 2.45) is 0 Å². The number of nitrogens with two attached hydrogens (primary N) is 1. The Bertz CT molecular complexity index is 5980. The van der Waals surface area contributed by atoms with E-state index in [1.54, 1.807) is 0 Å². The molecule has 2 aromatic heterocycles. The molecule has 0 aliphatic heterocycles. The Morgan fingerprint density at radius 1 is 0.208 bits per heavy atom. The first-order valence-corrected chi connectivity index (χ1v) is 35.0. The summed E-state index contributed by atoms with van der Waals surface area (Å²) in [5.74, 6) is 0. The zero-order chi connectivity index (χ0) is 67.6. The van der Waals surface area contributed by atoms with E-state index in [0.717, 1.165) is 38.6 Å². The average Bonchev–Trinajstić information content (AvgIpc) is 1.62. The first-order chi connectivity index (χ1) is 49.9. The second-order valence-electron chi connectivity index (χ2n) is 25.6. The number of nitrogen functional groups attached to an aromatic ring is 1. The van der Waals surface area contributed by atoms with E-state index >= 15 is 0 Å². The van der Waals surface area contributed by atoms with Crippen LogP contribution in [-0.4, -0.2) is 9.13 Å². The number of anilines is 4. The number of rotatable bonds is 10. The predicted octanol–water partition coefficient (Wildman–Crippen LogP) is 26.9. The molecule has 2 heterocycles. The smallest absolute Gasteiger partial charge is 0.0541 e. The number of hydrogen-bond donors (Lipinski definition) is 1. The number of aromatic nitrogens is 2. The van der Waals surface area contributed by atoms with E-state index < -0.39 is 0 Å². The van der Waals surface area contributed by atoms with Crippen LogP contribution in [0, 0.1) is 0 Å². The molecule has 101 heavy (non-hydrogen) atoms. The highest BCUT2D eigenvalue weighted by Crippen LogP contribution is 2.41. The third kappa shape index (κ3) is 12.5. The fraction of sp³-hybridized carbons (Fsp3) is 0. The van der Waals surface area contributed by atoms with Crippen molar-refractivity contribution in [3.63, 3.8) is 0 Å². The van der Waals surface area contributed by atoms with E-state index in [4.69, 9.17) is 5.73 Å². The number of fused-ring (bicyclic) bond motifs is 9. The lowest BCUT2D eigenvalue weighted by atomic mass is 10.00. The molecular formula is C96H67BrN4. The van der Waals surface area contributed by atoms with Crippen LogP contribution in [-0.2, 0) is 0 Å². The Hall–Kier alpha value is -12.8. The number of nitrogens with zero attached hydrogens (tertiary/aromatic N) is 3. The van der Waals surface area contributed by atoms with Crippen molar-refractivity contribution in [1.82, 2.24) is 9.13 Å². The Morgan fingerprint density at radius 3 is 0.792 bits per heavy atom. The summed E-state index contributed by atoms with van der Waals surface area (Å²) in [6.45, 7) is 0. The van der Waals surface area contributed by atoms with Gasteiger partial charge in [0.1, 0.15) is 0 Å². The number of halogens is 1. The Morgan fingerprint density at radius 2 is 0.465 bits per heavy atom. The molecule has 17 aromatic carbocycles. The lowest BCUT2D eigenvalue weighted by Crippen LogP contribution is -2.09. The summed E-state index contributed by atoms with van der Waals surface area (Å²) in [6.07, 6.45) is 0. The third-order valence-electron chi connectivity index (χ3n) is 19.4. The first kappa shape index (κ1) is 61.8. The quantitative estimate of drug-likeness (QED) is 0.139. The van der Waals surface area contributed by atoms with Gasteiger partial charge >= 0.3 is 0 Å². The topological polar surface area (TPSA) is 39.1 Å². The molecule has 0 aliphatic rings. The van der Waals surface area contributed by atoms with Crippen LogP contribution in [0.25, 0.3) is 143 Å². The molecule has 4 nitrogen and oxygen atoms in total. The summed E-state index contributed by atoms with van der Waals surface area (Å²) in [5.41, 5.74) is 29.1. The zero-order valence-corrected chi connectivity index (χ0v) is 56.9. The van der Waals surface area contributed by atoms with Crippen LogP contribution in [0.2, 0.25) is 0 Å². The van der Waals surface area contributed by atoms with E-state index in [9.17, 15) is 0 Å². The molecule has 19 aromatic rings. The van der Waals surface area contributed by atoms with E-state index in [2.05, 4.69) is 412 Å². The van der Waals surface area contributed by atoms with Gasteiger partial charge in [-0.1, -0.05) is 283 Å². The molecule has 5 heteroatoms. The molecule has 478 valence electrons. The van der Waals surface area contributed by atoms with Gasteiger partial charge in [0.25, 0.3) is 0 Å². The van der Waals surface area contributed by atoms with Crippen molar-refractivity contribution in [2.45, 2.75) is 0 Å². The van der Waals surface area contributed by atoms with Crippen LogP contribution in [0.15, 0.2) is 399 Å². The van der Waals surface area contributed by atoms with Gasteiger partial charge in [-0.3, -0.25) is 0 Å². The Kier molecular flexibility index (Phi) is 16.7. The fourth-order valence-corrected chi connectivity index (χ4v) is 14.6. The zero-order valence-electron chi connectivity index (χ0n) is 55.3. The Labute approximate surface area is 596 Å². The summed E-state index contributed by atoms with van der Waals surface area (Å²) in [5, 5.41) is 12.7. The van der Waals surface area contributed by atoms with Crippen LogP contribution in [0.4, 0.5) is 22.7 Å². The van der Waals surface area contributed by atoms with Gasteiger partial charge in [0, 0.05) is 60.1 Å². The summed E-state index contributed by atoms with van der Waals surface area (Å²) in [6, 6.07) is 141. The van der Waals surface area contributed by atoms with Gasteiger partial charge < -0.3 is 19.8 Å². The molecule has 0 amide bonds. The molecule has 0 radical (unpaired) electrons. The second-order valence-corrected chi connectivity index (χ2v) is 26.5. The minimum absolute atomic E-state index is 0.785. The minimum atomic E-state index is 0.785. The number of hydrogen-bond acceptors (Lipinski definition) is 2. The van der Waals surface area contributed by atoms with Crippen LogP contribution >= 0.6 is 15.9 Å². The molecule has 0 atom stereocenters. The van der Waals surface area contributed by atoms with Gasteiger partial charge in [-0.05, 0) is 215 Å². The largest absolute Gasteiger partial charge is 0.399 e. The predicted molar refractivity (Wildman–Crippen MR) is 434 cm³/mol. The van der Waals surface area contributed by atoms with Gasteiger partial charge in [0.15, 0.2) is 0 Å². The summed E-state index contributed by atoms with van der Waals surface area (Å²) in [4.78, 5) is 2.35. The first-order valence-electron chi connectivity index (χ1n) is 34.2. The van der Waals surface area contributed by atoms with E-state index in [1.165, 1.54) is 132 Å². The molecule has 0 unspecified atom stereocenters. The van der Waals surface area contributed by atoms with Crippen LogP contribution in [0.3, 0.4) is 0 Å². The van der Waals surface area contributed by atoms with Crippen molar-refractivity contribution >= 4 is 115 Å². The second kappa shape index (κ2) is 27.2. The van der Waals surface area contributed by atoms with E-state index in [0.29, 0.717) is 0 Å². The van der Waals surface area contributed by atoms with Crippen LogP contribution in [0.1, 0.15) is 0 Å². The van der Waals surface area contributed by atoms with Gasteiger partial charge in [-0.2, -0.15) is 0 Å². The maximum atomic E-state index is 5.83. The number of benzene rings is 17. The lowest BCUT2D eigenvalue weighted by molar-refractivity contribution is 1.18.